The van der Waals surface area contributed by atoms with Gasteiger partial charge in [0, 0.05) is 5.41 Å². The summed E-state index contributed by atoms with van der Waals surface area (Å²) in [6.07, 6.45) is 2.86. The lowest BCUT2D eigenvalue weighted by Crippen LogP contribution is -2.21. The Morgan fingerprint density at radius 2 is 2.20 bits per heavy atom. The lowest BCUT2D eigenvalue weighted by atomic mass is 9.77. The molecule has 0 heterocycles. The zero-order valence-corrected chi connectivity index (χ0v) is 9.16. The van der Waals surface area contributed by atoms with Gasteiger partial charge in [0.05, 0.1) is 0 Å². The van der Waals surface area contributed by atoms with E-state index in [-0.39, 0.29) is 11.3 Å². The number of phenols is 1. The maximum absolute atomic E-state index is 11.0. The molecule has 15 heavy (non-hydrogen) atoms. The quantitative estimate of drug-likeness (QED) is 0.752. The van der Waals surface area contributed by atoms with Gasteiger partial charge in [0.1, 0.15) is 12.0 Å². The Morgan fingerprint density at radius 1 is 1.47 bits per heavy atom. The summed E-state index contributed by atoms with van der Waals surface area (Å²) in [5, 5.41) is 9.70. The largest absolute Gasteiger partial charge is 0.508 e. The minimum absolute atomic E-state index is 0.247. The van der Waals surface area contributed by atoms with E-state index >= 15 is 0 Å². The maximum atomic E-state index is 11.0. The van der Waals surface area contributed by atoms with E-state index in [2.05, 4.69) is 0 Å². The molecule has 2 rings (SSSR count). The molecule has 0 saturated heterocycles. The van der Waals surface area contributed by atoms with Gasteiger partial charge in [0.2, 0.25) is 0 Å². The van der Waals surface area contributed by atoms with Gasteiger partial charge >= 0.3 is 0 Å². The third-order valence-electron chi connectivity index (χ3n) is 3.45. The van der Waals surface area contributed by atoms with Crippen LogP contribution in [0.3, 0.4) is 0 Å². The third kappa shape index (κ3) is 1.54. The summed E-state index contributed by atoms with van der Waals surface area (Å²) >= 11 is 0. The summed E-state index contributed by atoms with van der Waals surface area (Å²) in [5.41, 5.74) is 1.84. The van der Waals surface area contributed by atoms with Crippen molar-refractivity contribution in [1.82, 2.24) is 0 Å². The predicted octanol–water partition coefficient (Wildman–Crippen LogP) is 2.65. The minimum atomic E-state index is -0.334. The molecule has 0 radical (unpaired) electrons. The molecule has 1 aromatic rings. The number of rotatable bonds is 2. The van der Waals surface area contributed by atoms with Gasteiger partial charge in [0.25, 0.3) is 0 Å². The van der Waals surface area contributed by atoms with Crippen LogP contribution in [0.1, 0.15) is 37.3 Å². The normalized spacial score (nSPS) is 20.0. The summed E-state index contributed by atoms with van der Waals surface area (Å²) in [6, 6.07) is 5.60. The Bertz CT molecular complexity index is 394. The minimum Gasteiger partial charge on any atom is -0.508 e. The lowest BCUT2D eigenvalue weighted by Gasteiger charge is -2.26. The predicted molar refractivity (Wildman–Crippen MR) is 59.0 cm³/mol. The van der Waals surface area contributed by atoms with Gasteiger partial charge in [-0.3, -0.25) is 0 Å². The van der Waals surface area contributed by atoms with Crippen LogP contribution >= 0.6 is 0 Å². The number of benzene rings is 1. The average Bonchev–Trinajstić information content (AvgIpc) is 2.63. The molecule has 1 aliphatic carbocycles. The second-order valence-corrected chi connectivity index (χ2v) is 4.88. The van der Waals surface area contributed by atoms with Crippen LogP contribution in [0.5, 0.6) is 5.75 Å². The fourth-order valence-electron chi connectivity index (χ4n) is 2.49. The van der Waals surface area contributed by atoms with Crippen molar-refractivity contribution in [2.24, 2.45) is 5.41 Å². The Labute approximate surface area is 89.9 Å². The first-order valence-corrected chi connectivity index (χ1v) is 5.33. The third-order valence-corrected chi connectivity index (χ3v) is 3.45. The fourth-order valence-corrected chi connectivity index (χ4v) is 2.49. The number of aldehydes is 1. The molecule has 2 heteroatoms. The molecule has 1 N–H and O–H groups in total. The molecule has 0 aromatic heterocycles. The van der Waals surface area contributed by atoms with Gasteiger partial charge in [-0.05, 0) is 36.0 Å². The standard InChI is InChI=1S/C13H16O2/c1-13(2,8-14)11-7-6-10-9(11)4-3-5-12(10)15/h3-5,8,11,15H,6-7H2,1-2H3. The van der Waals surface area contributed by atoms with Crippen LogP contribution < -0.4 is 0 Å². The number of hydrogen-bond donors (Lipinski definition) is 1. The Morgan fingerprint density at radius 3 is 2.87 bits per heavy atom. The Hall–Kier alpha value is -1.31. The Balaban J connectivity index is 2.45. The highest BCUT2D eigenvalue weighted by Gasteiger charge is 2.36. The number of carbonyl (C=O) groups excluding carboxylic acids is 1. The van der Waals surface area contributed by atoms with Gasteiger partial charge in [-0.1, -0.05) is 26.0 Å². The molecular formula is C13H16O2. The van der Waals surface area contributed by atoms with Gasteiger partial charge in [0.15, 0.2) is 0 Å². The molecule has 0 bridgehead atoms. The number of phenolic OH excluding ortho intramolecular Hbond substituents is 1. The first kappa shape index (κ1) is 10.2. The second-order valence-electron chi connectivity index (χ2n) is 4.88. The van der Waals surface area contributed by atoms with Gasteiger partial charge < -0.3 is 9.90 Å². The van der Waals surface area contributed by atoms with E-state index in [1.807, 2.05) is 26.0 Å². The van der Waals surface area contributed by atoms with Crippen molar-refractivity contribution in [2.75, 3.05) is 0 Å². The van der Waals surface area contributed by atoms with Crippen molar-refractivity contribution < 1.29 is 9.90 Å². The van der Waals surface area contributed by atoms with Crippen LogP contribution in [0.4, 0.5) is 0 Å². The van der Waals surface area contributed by atoms with E-state index in [1.54, 1.807) is 6.07 Å². The van der Waals surface area contributed by atoms with Crippen LogP contribution in [0.2, 0.25) is 0 Å². The topological polar surface area (TPSA) is 37.3 Å². The molecule has 0 spiro atoms. The van der Waals surface area contributed by atoms with Gasteiger partial charge in [-0.2, -0.15) is 0 Å². The molecule has 0 saturated carbocycles. The van der Waals surface area contributed by atoms with E-state index in [9.17, 15) is 9.90 Å². The van der Waals surface area contributed by atoms with Crippen LogP contribution in [-0.4, -0.2) is 11.4 Å². The zero-order chi connectivity index (χ0) is 11.1. The number of carbonyl (C=O) groups is 1. The van der Waals surface area contributed by atoms with Crippen molar-refractivity contribution in [3.8, 4) is 5.75 Å². The van der Waals surface area contributed by atoms with Crippen molar-refractivity contribution >= 4 is 6.29 Å². The van der Waals surface area contributed by atoms with E-state index in [1.165, 1.54) is 0 Å². The van der Waals surface area contributed by atoms with Crippen LogP contribution in [0.15, 0.2) is 18.2 Å². The number of fused-ring (bicyclic) bond motifs is 1. The summed E-state index contributed by atoms with van der Waals surface area (Å²) in [7, 11) is 0. The van der Waals surface area contributed by atoms with Gasteiger partial charge in [-0.25, -0.2) is 0 Å². The van der Waals surface area contributed by atoms with Crippen LogP contribution in [0, 0.1) is 5.41 Å². The smallest absolute Gasteiger partial charge is 0.126 e. The average molecular weight is 204 g/mol. The van der Waals surface area contributed by atoms with E-state index in [4.69, 9.17) is 0 Å². The highest BCUT2D eigenvalue weighted by molar-refractivity contribution is 5.62. The lowest BCUT2D eigenvalue weighted by molar-refractivity contribution is -0.115. The highest BCUT2D eigenvalue weighted by atomic mass is 16.3. The summed E-state index contributed by atoms with van der Waals surface area (Å²) in [4.78, 5) is 11.0. The van der Waals surface area contributed by atoms with Crippen molar-refractivity contribution in [2.45, 2.75) is 32.6 Å². The van der Waals surface area contributed by atoms with E-state index in [0.29, 0.717) is 5.75 Å². The molecule has 80 valence electrons. The second kappa shape index (κ2) is 3.37. The number of aromatic hydroxyl groups is 1. The summed E-state index contributed by atoms with van der Waals surface area (Å²) in [5.74, 6) is 0.619. The molecule has 1 unspecified atom stereocenters. The van der Waals surface area contributed by atoms with Crippen molar-refractivity contribution in [1.29, 1.82) is 0 Å². The van der Waals surface area contributed by atoms with E-state index in [0.717, 1.165) is 30.3 Å². The molecule has 0 amide bonds. The molecule has 1 atom stereocenters. The highest BCUT2D eigenvalue weighted by Crippen LogP contribution is 2.46. The van der Waals surface area contributed by atoms with E-state index < -0.39 is 0 Å². The first-order chi connectivity index (χ1) is 7.06. The summed E-state index contributed by atoms with van der Waals surface area (Å²) < 4.78 is 0. The molecule has 2 nitrogen and oxygen atoms in total. The van der Waals surface area contributed by atoms with Crippen LogP contribution in [0.25, 0.3) is 0 Å². The molecule has 1 aliphatic rings. The summed E-state index contributed by atoms with van der Waals surface area (Å²) in [6.45, 7) is 3.92. The van der Waals surface area contributed by atoms with Crippen molar-refractivity contribution in [3.05, 3.63) is 29.3 Å². The maximum Gasteiger partial charge on any atom is 0.126 e. The Kier molecular flexibility index (Phi) is 2.29. The number of hydrogen-bond acceptors (Lipinski definition) is 2. The van der Waals surface area contributed by atoms with Gasteiger partial charge in [-0.15, -0.1) is 0 Å². The molecule has 0 fully saturated rings. The fraction of sp³-hybridized carbons (Fsp3) is 0.462. The van der Waals surface area contributed by atoms with Crippen molar-refractivity contribution in [3.63, 3.8) is 0 Å². The molecule has 1 aromatic carbocycles. The van der Waals surface area contributed by atoms with Crippen LogP contribution in [-0.2, 0) is 11.2 Å². The zero-order valence-electron chi connectivity index (χ0n) is 9.16. The molecular weight excluding hydrogens is 188 g/mol. The monoisotopic (exact) mass is 204 g/mol. The first-order valence-electron chi connectivity index (χ1n) is 5.33. The molecule has 0 aliphatic heterocycles. The SMILES string of the molecule is CC(C)(C=O)C1CCc2c(O)cccc21.